The third-order valence-corrected chi connectivity index (χ3v) is 1.76. The number of thiocarbonyl (C=S) groups is 1. The summed E-state index contributed by atoms with van der Waals surface area (Å²) in [6, 6.07) is 0. The third kappa shape index (κ3) is 8.25. The fourth-order valence-electron chi connectivity index (χ4n) is 0.834. The molecule has 0 aliphatic rings. The van der Waals surface area contributed by atoms with E-state index in [0.717, 1.165) is 25.9 Å². The first-order valence-electron chi connectivity index (χ1n) is 3.68. The van der Waals surface area contributed by atoms with Crippen molar-refractivity contribution >= 4 is 29.2 Å². The van der Waals surface area contributed by atoms with Crippen LogP contribution >= 0.6 is 12.2 Å². The smallest absolute Gasteiger partial charge is 0.411 e. The predicted molar refractivity (Wildman–Crippen MR) is 52.1 cm³/mol. The van der Waals surface area contributed by atoms with Gasteiger partial charge in [-0.05, 0) is 12.8 Å². The first-order valence-corrected chi connectivity index (χ1v) is 4.50. The van der Waals surface area contributed by atoms with Gasteiger partial charge in [0.25, 0.3) is 0 Å². The van der Waals surface area contributed by atoms with Gasteiger partial charge in [-0.3, -0.25) is 0 Å². The average Bonchev–Trinajstić information content (AvgIpc) is 1.87. The first kappa shape index (κ1) is 15.4. The second-order valence-corrected chi connectivity index (χ2v) is 3.28. The van der Waals surface area contributed by atoms with Crippen LogP contribution in [0.2, 0.25) is 0 Å². The van der Waals surface area contributed by atoms with Crippen molar-refractivity contribution in [1.29, 1.82) is 0 Å². The molecule has 0 aromatic heterocycles. The molecular weight excluding hydrogens is 248 g/mol. The fraction of sp³-hybridized carbons (Fsp3) is 0.857. The Balaban J connectivity index is 0. The van der Waals surface area contributed by atoms with Gasteiger partial charge in [-0.25, -0.2) is 0 Å². The zero-order valence-electron chi connectivity index (χ0n) is 7.59. The molecule has 0 aliphatic carbocycles. The molecule has 0 saturated carbocycles. The minimum Gasteiger partial charge on any atom is -0.411 e. The summed E-state index contributed by atoms with van der Waals surface area (Å²) in [5.74, 6) is 0. The van der Waals surface area contributed by atoms with E-state index in [-0.39, 0.29) is 58.2 Å². The molecule has 0 saturated heterocycles. The van der Waals surface area contributed by atoms with Gasteiger partial charge in [0.1, 0.15) is 0 Å². The van der Waals surface area contributed by atoms with Crippen LogP contribution in [0.3, 0.4) is 0 Å². The zero-order valence-corrected chi connectivity index (χ0v) is 14.1. The van der Waals surface area contributed by atoms with E-state index in [2.05, 4.69) is 18.7 Å². The molecule has 0 spiro atoms. The van der Waals surface area contributed by atoms with Gasteiger partial charge >= 0.3 is 58.2 Å². The molecule has 60 valence electrons. The van der Waals surface area contributed by atoms with Gasteiger partial charge < -0.3 is 29.7 Å². The Hall–Kier alpha value is 1.92. The Morgan fingerprint density at radius 1 is 1.27 bits per heavy atom. The van der Waals surface area contributed by atoms with E-state index in [4.69, 9.17) is 24.8 Å². The average molecular weight is 262 g/mol. The largest absolute Gasteiger partial charge is 1.00 e. The summed E-state index contributed by atoms with van der Waals surface area (Å²) in [5, 5.41) is 0. The Kier molecular flexibility index (Phi) is 14.0. The molecule has 0 aromatic rings. The molecule has 4 heteroatoms. The van der Waals surface area contributed by atoms with E-state index in [0.29, 0.717) is 4.32 Å². The minimum absolute atomic E-state index is 0. The van der Waals surface area contributed by atoms with Gasteiger partial charge in [0, 0.05) is 13.1 Å². The molecule has 0 heterocycles. The maximum Gasteiger partial charge on any atom is 1.00 e. The number of hydrogen-bond donors (Lipinski definition) is 0. The van der Waals surface area contributed by atoms with Crippen molar-refractivity contribution in [1.82, 2.24) is 4.90 Å². The van der Waals surface area contributed by atoms with Crippen LogP contribution in [-0.4, -0.2) is 22.3 Å². The zero-order chi connectivity index (χ0) is 7.98. The molecule has 0 fully saturated rings. The SMILES string of the molecule is CCCN(CCC)C(=S)[S-].[Rb+]. The summed E-state index contributed by atoms with van der Waals surface area (Å²) >= 11 is 9.78. The van der Waals surface area contributed by atoms with Crippen molar-refractivity contribution in [3.05, 3.63) is 0 Å². The number of rotatable bonds is 4. The van der Waals surface area contributed by atoms with Crippen LogP contribution < -0.4 is 58.2 Å². The van der Waals surface area contributed by atoms with Crippen molar-refractivity contribution in [3.8, 4) is 0 Å². The molecule has 0 radical (unpaired) electrons. The van der Waals surface area contributed by atoms with Crippen LogP contribution in [0.4, 0.5) is 0 Å². The maximum absolute atomic E-state index is 4.89. The summed E-state index contributed by atoms with van der Waals surface area (Å²) in [5.41, 5.74) is 0. The Labute approximate surface area is 129 Å². The van der Waals surface area contributed by atoms with Crippen LogP contribution in [0.15, 0.2) is 0 Å². The van der Waals surface area contributed by atoms with E-state index >= 15 is 0 Å². The van der Waals surface area contributed by atoms with Gasteiger partial charge in [-0.2, -0.15) is 0 Å². The normalized spacial score (nSPS) is 8.55. The molecule has 0 bridgehead atoms. The quantitative estimate of drug-likeness (QED) is 0.470. The van der Waals surface area contributed by atoms with Gasteiger partial charge in [0.15, 0.2) is 0 Å². The van der Waals surface area contributed by atoms with Crippen molar-refractivity contribution < 1.29 is 58.2 Å². The third-order valence-electron chi connectivity index (χ3n) is 1.25. The number of hydrogen-bond acceptors (Lipinski definition) is 2. The molecule has 0 amide bonds. The van der Waals surface area contributed by atoms with Crippen LogP contribution in [0, 0.1) is 0 Å². The molecule has 0 N–H and O–H groups in total. The van der Waals surface area contributed by atoms with Crippen LogP contribution in [-0.2, 0) is 12.6 Å². The second-order valence-electron chi connectivity index (χ2n) is 2.25. The Bertz CT molecular complexity index is 103. The Morgan fingerprint density at radius 2 is 1.64 bits per heavy atom. The number of nitrogens with zero attached hydrogens (tertiary/aromatic N) is 1. The maximum atomic E-state index is 4.89. The van der Waals surface area contributed by atoms with Gasteiger partial charge in [0.2, 0.25) is 0 Å². The molecular formula is C7H14NRbS2. The van der Waals surface area contributed by atoms with E-state index < -0.39 is 0 Å². The van der Waals surface area contributed by atoms with Crippen LogP contribution in [0.5, 0.6) is 0 Å². The van der Waals surface area contributed by atoms with Crippen LogP contribution in [0.25, 0.3) is 0 Å². The van der Waals surface area contributed by atoms with Gasteiger partial charge in [-0.15, -0.1) is 0 Å². The van der Waals surface area contributed by atoms with Gasteiger partial charge in [0.05, 0.1) is 0 Å². The summed E-state index contributed by atoms with van der Waals surface area (Å²) in [6.45, 7) is 6.29. The minimum atomic E-state index is 0. The molecule has 0 unspecified atom stereocenters. The van der Waals surface area contributed by atoms with E-state index in [1.165, 1.54) is 0 Å². The fourth-order valence-corrected chi connectivity index (χ4v) is 1.20. The Morgan fingerprint density at radius 3 is 1.82 bits per heavy atom. The molecule has 11 heavy (non-hydrogen) atoms. The van der Waals surface area contributed by atoms with Crippen molar-refractivity contribution in [2.75, 3.05) is 13.1 Å². The van der Waals surface area contributed by atoms with E-state index in [1.54, 1.807) is 0 Å². The summed E-state index contributed by atoms with van der Waals surface area (Å²) in [7, 11) is 0. The molecule has 0 atom stereocenters. The summed E-state index contributed by atoms with van der Waals surface area (Å²) in [6.07, 6.45) is 2.24. The molecule has 0 aliphatic heterocycles. The van der Waals surface area contributed by atoms with Crippen molar-refractivity contribution in [3.63, 3.8) is 0 Å². The van der Waals surface area contributed by atoms with Gasteiger partial charge in [-0.1, -0.05) is 18.2 Å². The monoisotopic (exact) mass is 261 g/mol. The standard InChI is InChI=1S/C7H15NS2.Rb/c1-3-5-8(6-4-2)7(9)10;/h3-6H2,1-2H3,(H,9,10);/q;+1/p-1. The topological polar surface area (TPSA) is 3.24 Å². The van der Waals surface area contributed by atoms with E-state index in [9.17, 15) is 0 Å². The first-order chi connectivity index (χ1) is 4.72. The van der Waals surface area contributed by atoms with Crippen LogP contribution in [0.1, 0.15) is 26.7 Å². The van der Waals surface area contributed by atoms with E-state index in [1.807, 2.05) is 0 Å². The summed E-state index contributed by atoms with van der Waals surface area (Å²) in [4.78, 5) is 2.07. The summed E-state index contributed by atoms with van der Waals surface area (Å²) < 4.78 is 0.615. The van der Waals surface area contributed by atoms with Crippen molar-refractivity contribution in [2.45, 2.75) is 26.7 Å². The second kappa shape index (κ2) is 10.00. The molecule has 1 nitrogen and oxygen atoms in total. The predicted octanol–water partition coefficient (Wildman–Crippen LogP) is -1.06. The molecule has 0 rings (SSSR count). The molecule has 0 aromatic carbocycles. The van der Waals surface area contributed by atoms with Crippen molar-refractivity contribution in [2.24, 2.45) is 0 Å².